The first-order valence-corrected chi connectivity index (χ1v) is 6.34. The molecule has 0 amide bonds. The molecule has 4 heteroatoms. The summed E-state index contributed by atoms with van der Waals surface area (Å²) in [4.78, 5) is 2.44. The van der Waals surface area contributed by atoms with Crippen molar-refractivity contribution in [1.29, 1.82) is 0 Å². The number of hydrogen-bond acceptors (Lipinski definition) is 3. The van der Waals surface area contributed by atoms with Crippen molar-refractivity contribution >= 4 is 5.69 Å². The van der Waals surface area contributed by atoms with E-state index >= 15 is 0 Å². The zero-order chi connectivity index (χ0) is 11.4. The molecule has 0 radical (unpaired) electrons. The first-order valence-electron chi connectivity index (χ1n) is 6.34. The molecule has 16 heavy (non-hydrogen) atoms. The van der Waals surface area contributed by atoms with Gasteiger partial charge in [0.2, 0.25) is 0 Å². The summed E-state index contributed by atoms with van der Waals surface area (Å²) in [5, 5.41) is 7.87. The number of piperidine rings is 1. The van der Waals surface area contributed by atoms with E-state index in [-0.39, 0.29) is 0 Å². The second kappa shape index (κ2) is 5.34. The average Bonchev–Trinajstić information content (AvgIpc) is 2.78. The third-order valence-electron chi connectivity index (χ3n) is 3.22. The van der Waals surface area contributed by atoms with Gasteiger partial charge >= 0.3 is 0 Å². The fourth-order valence-electron chi connectivity index (χ4n) is 2.36. The molecule has 90 valence electrons. The van der Waals surface area contributed by atoms with Gasteiger partial charge in [-0.05, 0) is 26.3 Å². The van der Waals surface area contributed by atoms with Crippen LogP contribution in [0.5, 0.6) is 0 Å². The molecule has 2 rings (SSSR count). The molecule has 0 aromatic carbocycles. The van der Waals surface area contributed by atoms with Crippen LogP contribution in [0.4, 0.5) is 5.69 Å². The van der Waals surface area contributed by atoms with E-state index in [1.807, 2.05) is 10.9 Å². The second-order valence-electron chi connectivity index (χ2n) is 4.40. The van der Waals surface area contributed by atoms with Gasteiger partial charge in [-0.1, -0.05) is 6.92 Å². The molecule has 1 aliphatic heterocycles. The molecular weight excluding hydrogens is 200 g/mol. The maximum absolute atomic E-state index is 4.34. The average molecular weight is 222 g/mol. The number of nitrogens with one attached hydrogen (secondary N) is 1. The molecule has 1 aromatic rings. The normalized spacial score (nSPS) is 21.4. The molecule has 1 aliphatic rings. The maximum Gasteiger partial charge on any atom is 0.0753 e. The molecule has 1 saturated heterocycles. The Morgan fingerprint density at radius 2 is 2.38 bits per heavy atom. The quantitative estimate of drug-likeness (QED) is 0.837. The fraction of sp³-hybridized carbons (Fsp3) is 0.750. The molecule has 1 unspecified atom stereocenters. The molecule has 0 spiro atoms. The highest BCUT2D eigenvalue weighted by Gasteiger charge is 2.19. The lowest BCUT2D eigenvalue weighted by Gasteiger charge is -2.33. The summed E-state index contributed by atoms with van der Waals surface area (Å²) in [5.41, 5.74) is 1.27. The van der Waals surface area contributed by atoms with Crippen molar-refractivity contribution in [3.05, 3.63) is 12.4 Å². The third-order valence-corrected chi connectivity index (χ3v) is 3.22. The smallest absolute Gasteiger partial charge is 0.0753 e. The molecule has 1 N–H and O–H groups in total. The largest absolute Gasteiger partial charge is 0.367 e. The number of hydrogen-bond donors (Lipinski definition) is 1. The van der Waals surface area contributed by atoms with Crippen LogP contribution < -0.4 is 10.2 Å². The SMILES string of the molecule is CCNC1CCCN(c2cnn(CC)c2)C1. The lowest BCUT2D eigenvalue weighted by molar-refractivity contribution is 0.431. The number of aromatic nitrogens is 2. The molecule has 1 atom stereocenters. The minimum atomic E-state index is 0.642. The van der Waals surface area contributed by atoms with Gasteiger partial charge in [0.1, 0.15) is 0 Å². The van der Waals surface area contributed by atoms with Gasteiger partial charge in [0, 0.05) is 31.9 Å². The Balaban J connectivity index is 1.98. The Morgan fingerprint density at radius 1 is 1.50 bits per heavy atom. The Bertz CT molecular complexity index is 319. The van der Waals surface area contributed by atoms with Crippen molar-refractivity contribution in [2.75, 3.05) is 24.5 Å². The van der Waals surface area contributed by atoms with Crippen LogP contribution in [0.1, 0.15) is 26.7 Å². The van der Waals surface area contributed by atoms with E-state index in [0.29, 0.717) is 6.04 Å². The molecule has 0 bridgehead atoms. The first kappa shape index (κ1) is 11.5. The molecule has 0 saturated carbocycles. The number of anilines is 1. The molecule has 0 aliphatic carbocycles. The van der Waals surface area contributed by atoms with Gasteiger partial charge in [-0.3, -0.25) is 4.68 Å². The van der Waals surface area contributed by atoms with Gasteiger partial charge in [-0.25, -0.2) is 0 Å². The predicted molar refractivity (Wildman–Crippen MR) is 66.8 cm³/mol. The van der Waals surface area contributed by atoms with Crippen molar-refractivity contribution in [3.63, 3.8) is 0 Å². The minimum absolute atomic E-state index is 0.642. The van der Waals surface area contributed by atoms with E-state index in [0.717, 1.165) is 26.2 Å². The topological polar surface area (TPSA) is 33.1 Å². The molecular formula is C12H22N4. The third kappa shape index (κ3) is 2.55. The number of aryl methyl sites for hydroxylation is 1. The van der Waals surface area contributed by atoms with E-state index in [1.165, 1.54) is 18.5 Å². The number of nitrogens with zero attached hydrogens (tertiary/aromatic N) is 3. The number of likely N-dealkylation sites (N-methyl/N-ethyl adjacent to an activating group) is 1. The minimum Gasteiger partial charge on any atom is -0.367 e. The summed E-state index contributed by atoms with van der Waals surface area (Å²) in [5.74, 6) is 0. The van der Waals surface area contributed by atoms with Crippen molar-refractivity contribution < 1.29 is 0 Å². The summed E-state index contributed by atoms with van der Waals surface area (Å²) in [6.07, 6.45) is 6.70. The van der Waals surface area contributed by atoms with Gasteiger partial charge in [0.25, 0.3) is 0 Å². The van der Waals surface area contributed by atoms with Crippen molar-refractivity contribution in [2.24, 2.45) is 0 Å². The van der Waals surface area contributed by atoms with Crippen molar-refractivity contribution in [2.45, 2.75) is 39.3 Å². The summed E-state index contributed by atoms with van der Waals surface area (Å²) in [6, 6.07) is 0.642. The predicted octanol–water partition coefficient (Wildman–Crippen LogP) is 1.48. The molecule has 4 nitrogen and oxygen atoms in total. The van der Waals surface area contributed by atoms with E-state index < -0.39 is 0 Å². The van der Waals surface area contributed by atoms with Crippen LogP contribution in [-0.4, -0.2) is 35.5 Å². The first-order chi connectivity index (χ1) is 7.83. The van der Waals surface area contributed by atoms with E-state index in [9.17, 15) is 0 Å². The summed E-state index contributed by atoms with van der Waals surface area (Å²) < 4.78 is 1.99. The summed E-state index contributed by atoms with van der Waals surface area (Å²) in [6.45, 7) is 8.58. The highest BCUT2D eigenvalue weighted by molar-refractivity contribution is 5.43. The van der Waals surface area contributed by atoms with Gasteiger partial charge < -0.3 is 10.2 Å². The van der Waals surface area contributed by atoms with Crippen LogP contribution in [0.3, 0.4) is 0 Å². The van der Waals surface area contributed by atoms with Crippen LogP contribution in [-0.2, 0) is 6.54 Å². The fourth-order valence-corrected chi connectivity index (χ4v) is 2.36. The van der Waals surface area contributed by atoms with Crippen molar-refractivity contribution in [3.8, 4) is 0 Å². The molecule has 1 fully saturated rings. The zero-order valence-corrected chi connectivity index (χ0v) is 10.3. The summed E-state index contributed by atoms with van der Waals surface area (Å²) in [7, 11) is 0. The molecule has 1 aromatic heterocycles. The van der Waals surface area contributed by atoms with Crippen LogP contribution in [0.25, 0.3) is 0 Å². The van der Waals surface area contributed by atoms with Crippen LogP contribution in [0, 0.1) is 0 Å². The van der Waals surface area contributed by atoms with Crippen molar-refractivity contribution in [1.82, 2.24) is 15.1 Å². The Kier molecular flexibility index (Phi) is 3.83. The second-order valence-corrected chi connectivity index (χ2v) is 4.40. The van der Waals surface area contributed by atoms with Gasteiger partial charge in [-0.15, -0.1) is 0 Å². The van der Waals surface area contributed by atoms with E-state index in [2.05, 4.69) is 35.4 Å². The Hall–Kier alpha value is -1.03. The van der Waals surface area contributed by atoms with E-state index in [4.69, 9.17) is 0 Å². The van der Waals surface area contributed by atoms with Crippen LogP contribution in [0.2, 0.25) is 0 Å². The zero-order valence-electron chi connectivity index (χ0n) is 10.3. The number of rotatable bonds is 4. The van der Waals surface area contributed by atoms with Crippen LogP contribution >= 0.6 is 0 Å². The standard InChI is InChI=1S/C12H22N4/c1-3-13-11-6-5-7-15(9-11)12-8-14-16(4-2)10-12/h8,10-11,13H,3-7,9H2,1-2H3. The lowest BCUT2D eigenvalue weighted by atomic mass is 10.1. The Morgan fingerprint density at radius 3 is 3.06 bits per heavy atom. The Labute approximate surface area is 97.6 Å². The maximum atomic E-state index is 4.34. The monoisotopic (exact) mass is 222 g/mol. The summed E-state index contributed by atoms with van der Waals surface area (Å²) >= 11 is 0. The van der Waals surface area contributed by atoms with Gasteiger partial charge in [0.15, 0.2) is 0 Å². The van der Waals surface area contributed by atoms with E-state index in [1.54, 1.807) is 0 Å². The van der Waals surface area contributed by atoms with Gasteiger partial charge in [0.05, 0.1) is 11.9 Å². The highest BCUT2D eigenvalue weighted by Crippen LogP contribution is 2.19. The highest BCUT2D eigenvalue weighted by atomic mass is 15.3. The van der Waals surface area contributed by atoms with Gasteiger partial charge in [-0.2, -0.15) is 5.10 Å². The van der Waals surface area contributed by atoms with Crippen LogP contribution in [0.15, 0.2) is 12.4 Å². The lowest BCUT2D eigenvalue weighted by Crippen LogP contribution is -2.45. The molecule has 2 heterocycles.